The van der Waals surface area contributed by atoms with Crippen molar-refractivity contribution in [1.29, 1.82) is 0 Å². The van der Waals surface area contributed by atoms with Gasteiger partial charge in [0.2, 0.25) is 0 Å². The van der Waals surface area contributed by atoms with Gasteiger partial charge in [0.15, 0.2) is 0 Å². The molecule has 2 aromatic rings. The third-order valence-corrected chi connectivity index (χ3v) is 3.91. The summed E-state index contributed by atoms with van der Waals surface area (Å²) >= 11 is 3.19. The molecule has 106 valence electrons. The van der Waals surface area contributed by atoms with Crippen LogP contribution in [0, 0.1) is 12.7 Å². The number of hydrogen-bond acceptors (Lipinski definition) is 2. The highest BCUT2D eigenvalue weighted by Gasteiger charge is 2.16. The van der Waals surface area contributed by atoms with E-state index < -0.39 is 0 Å². The zero-order valence-electron chi connectivity index (χ0n) is 11.7. The van der Waals surface area contributed by atoms with Crippen LogP contribution in [0.2, 0.25) is 0 Å². The summed E-state index contributed by atoms with van der Waals surface area (Å²) in [5.41, 5.74) is 3.15. The highest BCUT2D eigenvalue weighted by Crippen LogP contribution is 2.27. The number of nitrogens with zero attached hydrogens (tertiary/aromatic N) is 1. The fourth-order valence-electron chi connectivity index (χ4n) is 2.17. The molecule has 0 aliphatic carbocycles. The smallest absolute Gasteiger partial charge is 0.137 e. The number of aromatic nitrogens is 1. The molecule has 0 saturated carbocycles. The lowest BCUT2D eigenvalue weighted by Gasteiger charge is -2.21. The third-order valence-electron chi connectivity index (χ3n) is 3.27. The molecule has 1 heterocycles. The van der Waals surface area contributed by atoms with Crippen molar-refractivity contribution in [3.8, 4) is 0 Å². The highest BCUT2D eigenvalue weighted by atomic mass is 79.9. The van der Waals surface area contributed by atoms with E-state index in [0.29, 0.717) is 4.47 Å². The van der Waals surface area contributed by atoms with Gasteiger partial charge in [0.05, 0.1) is 10.5 Å². The van der Waals surface area contributed by atoms with Crippen LogP contribution < -0.4 is 5.32 Å². The average molecular weight is 337 g/mol. The molecule has 1 N–H and O–H groups in total. The number of halogens is 2. The van der Waals surface area contributed by atoms with E-state index in [-0.39, 0.29) is 11.9 Å². The Balaban J connectivity index is 2.41. The van der Waals surface area contributed by atoms with Gasteiger partial charge in [0.1, 0.15) is 5.82 Å². The Bertz CT molecular complexity index is 586. The van der Waals surface area contributed by atoms with Crippen LogP contribution in [-0.2, 0) is 0 Å². The second-order valence-electron chi connectivity index (χ2n) is 4.79. The lowest BCUT2D eigenvalue weighted by atomic mass is 9.96. The van der Waals surface area contributed by atoms with Gasteiger partial charge in [0, 0.05) is 12.4 Å². The Hall–Kier alpha value is -1.26. The van der Waals surface area contributed by atoms with E-state index in [9.17, 15) is 4.39 Å². The molecule has 1 aromatic carbocycles. The summed E-state index contributed by atoms with van der Waals surface area (Å²) in [7, 11) is 0. The third kappa shape index (κ3) is 3.44. The number of nitrogens with one attached hydrogen (secondary N) is 1. The molecule has 0 bridgehead atoms. The van der Waals surface area contributed by atoms with Gasteiger partial charge in [0.25, 0.3) is 0 Å². The monoisotopic (exact) mass is 336 g/mol. The summed E-state index contributed by atoms with van der Waals surface area (Å²) in [5.74, 6) is -0.243. The Morgan fingerprint density at radius 2 is 2.15 bits per heavy atom. The summed E-state index contributed by atoms with van der Waals surface area (Å²) in [6.45, 7) is 5.03. The first kappa shape index (κ1) is 15.1. The fraction of sp³-hybridized carbons (Fsp3) is 0.312. The van der Waals surface area contributed by atoms with Crippen LogP contribution >= 0.6 is 15.9 Å². The maximum Gasteiger partial charge on any atom is 0.137 e. The average Bonchev–Trinajstić information content (AvgIpc) is 2.44. The summed E-state index contributed by atoms with van der Waals surface area (Å²) in [4.78, 5) is 4.20. The molecule has 0 aliphatic rings. The van der Waals surface area contributed by atoms with E-state index in [1.807, 2.05) is 25.3 Å². The van der Waals surface area contributed by atoms with Gasteiger partial charge in [-0.1, -0.05) is 13.0 Å². The number of hydrogen-bond donors (Lipinski definition) is 1. The Morgan fingerprint density at radius 1 is 1.35 bits per heavy atom. The van der Waals surface area contributed by atoms with Crippen molar-refractivity contribution in [3.05, 3.63) is 63.6 Å². The van der Waals surface area contributed by atoms with Crippen molar-refractivity contribution in [1.82, 2.24) is 10.3 Å². The quantitative estimate of drug-likeness (QED) is 0.876. The number of benzene rings is 1. The minimum absolute atomic E-state index is 0.0359. The highest BCUT2D eigenvalue weighted by molar-refractivity contribution is 9.10. The first-order valence-electron chi connectivity index (χ1n) is 6.72. The molecule has 1 unspecified atom stereocenters. The van der Waals surface area contributed by atoms with Crippen molar-refractivity contribution < 1.29 is 4.39 Å². The lowest BCUT2D eigenvalue weighted by Crippen LogP contribution is -2.24. The normalized spacial score (nSPS) is 12.4. The van der Waals surface area contributed by atoms with Crippen LogP contribution in [0.15, 0.2) is 41.1 Å². The zero-order chi connectivity index (χ0) is 14.5. The molecule has 0 aliphatic heterocycles. The second kappa shape index (κ2) is 6.95. The van der Waals surface area contributed by atoms with Gasteiger partial charge in [-0.25, -0.2) is 4.39 Å². The molecule has 0 fully saturated rings. The first-order valence-corrected chi connectivity index (χ1v) is 7.51. The summed E-state index contributed by atoms with van der Waals surface area (Å²) in [5, 5.41) is 3.47. The largest absolute Gasteiger partial charge is 0.306 e. The van der Waals surface area contributed by atoms with Crippen LogP contribution in [0.1, 0.15) is 36.1 Å². The van der Waals surface area contributed by atoms with E-state index in [1.54, 1.807) is 18.3 Å². The van der Waals surface area contributed by atoms with Crippen LogP contribution in [0.5, 0.6) is 0 Å². The summed E-state index contributed by atoms with van der Waals surface area (Å²) in [6.07, 6.45) is 4.65. The summed E-state index contributed by atoms with van der Waals surface area (Å²) < 4.78 is 14.3. The number of aryl methyl sites for hydroxylation is 1. The van der Waals surface area contributed by atoms with Crippen molar-refractivity contribution in [3.63, 3.8) is 0 Å². The zero-order valence-corrected chi connectivity index (χ0v) is 13.2. The maximum atomic E-state index is 13.8. The second-order valence-corrected chi connectivity index (χ2v) is 5.65. The van der Waals surface area contributed by atoms with E-state index >= 15 is 0 Å². The molecule has 1 atom stereocenters. The molecule has 2 nitrogen and oxygen atoms in total. The van der Waals surface area contributed by atoms with E-state index in [1.165, 1.54) is 0 Å². The Labute approximate surface area is 127 Å². The standard InChI is InChI=1S/C16H18BrFN2/c1-3-7-20-16(13-10-19-8-6-11(13)2)12-4-5-14(17)15(18)9-12/h4-6,8-10,16,20H,3,7H2,1-2H3. The molecule has 4 heteroatoms. The van der Waals surface area contributed by atoms with Gasteiger partial charge in [-0.2, -0.15) is 0 Å². The van der Waals surface area contributed by atoms with Crippen LogP contribution in [0.25, 0.3) is 0 Å². The van der Waals surface area contributed by atoms with Crippen molar-refractivity contribution in [2.45, 2.75) is 26.3 Å². The lowest BCUT2D eigenvalue weighted by molar-refractivity contribution is 0.580. The predicted molar refractivity (Wildman–Crippen MR) is 83.2 cm³/mol. The number of rotatable bonds is 5. The van der Waals surface area contributed by atoms with Crippen molar-refractivity contribution in [2.24, 2.45) is 0 Å². The van der Waals surface area contributed by atoms with Crippen molar-refractivity contribution >= 4 is 15.9 Å². The topological polar surface area (TPSA) is 24.9 Å². The first-order chi connectivity index (χ1) is 9.63. The van der Waals surface area contributed by atoms with Crippen LogP contribution in [0.4, 0.5) is 4.39 Å². The molecule has 20 heavy (non-hydrogen) atoms. The van der Waals surface area contributed by atoms with Gasteiger partial charge in [-0.3, -0.25) is 4.98 Å². The molecular weight excluding hydrogens is 319 g/mol. The Kier molecular flexibility index (Phi) is 5.26. The van der Waals surface area contributed by atoms with Crippen molar-refractivity contribution in [2.75, 3.05) is 6.54 Å². The van der Waals surface area contributed by atoms with E-state index in [2.05, 4.69) is 33.2 Å². The predicted octanol–water partition coefficient (Wildman–Crippen LogP) is 4.38. The molecule has 0 amide bonds. The van der Waals surface area contributed by atoms with Gasteiger partial charge >= 0.3 is 0 Å². The SMILES string of the molecule is CCCNC(c1ccc(Br)c(F)c1)c1cnccc1C. The maximum absolute atomic E-state index is 13.8. The van der Waals surface area contributed by atoms with Gasteiger partial charge in [-0.15, -0.1) is 0 Å². The minimum Gasteiger partial charge on any atom is -0.306 e. The van der Waals surface area contributed by atoms with E-state index in [0.717, 1.165) is 29.7 Å². The Morgan fingerprint density at radius 3 is 2.80 bits per heavy atom. The number of pyridine rings is 1. The van der Waals surface area contributed by atoms with Crippen LogP contribution in [0.3, 0.4) is 0 Å². The molecule has 0 spiro atoms. The molecule has 0 saturated heterocycles. The fourth-order valence-corrected chi connectivity index (χ4v) is 2.41. The molecule has 2 rings (SSSR count). The molecule has 1 aromatic heterocycles. The summed E-state index contributed by atoms with van der Waals surface area (Å²) in [6, 6.07) is 7.20. The van der Waals surface area contributed by atoms with Gasteiger partial charge < -0.3 is 5.32 Å². The van der Waals surface area contributed by atoms with E-state index in [4.69, 9.17) is 0 Å². The molecular formula is C16H18BrFN2. The van der Waals surface area contributed by atoms with Crippen LogP contribution in [-0.4, -0.2) is 11.5 Å². The minimum atomic E-state index is -0.243. The van der Waals surface area contributed by atoms with Gasteiger partial charge in [-0.05, 0) is 70.7 Å². The molecule has 0 radical (unpaired) electrons.